The van der Waals surface area contributed by atoms with Crippen molar-refractivity contribution in [1.82, 2.24) is 9.88 Å². The van der Waals surface area contributed by atoms with Crippen molar-refractivity contribution in [3.63, 3.8) is 0 Å². The van der Waals surface area contributed by atoms with Gasteiger partial charge >= 0.3 is 5.97 Å². The fraction of sp³-hybridized carbons (Fsp3) is 0.250. The second-order valence-electron chi connectivity index (χ2n) is 7.11. The summed E-state index contributed by atoms with van der Waals surface area (Å²) in [7, 11) is 0. The van der Waals surface area contributed by atoms with Crippen LogP contribution in [0.3, 0.4) is 0 Å². The van der Waals surface area contributed by atoms with Crippen molar-refractivity contribution < 1.29 is 14.6 Å². The van der Waals surface area contributed by atoms with Gasteiger partial charge in [0.15, 0.2) is 0 Å². The monoisotopic (exact) mass is 388 g/mol. The molecule has 0 amide bonds. The van der Waals surface area contributed by atoms with Gasteiger partial charge in [-0.25, -0.2) is 9.78 Å². The van der Waals surface area contributed by atoms with E-state index < -0.39 is 5.97 Å². The molecule has 0 atom stereocenters. The van der Waals surface area contributed by atoms with Crippen molar-refractivity contribution >= 4 is 28.5 Å². The Labute approximate surface area is 170 Å². The van der Waals surface area contributed by atoms with Crippen LogP contribution in [-0.4, -0.2) is 40.7 Å². The lowest BCUT2D eigenvalue weighted by molar-refractivity contribution is 0.0696. The van der Waals surface area contributed by atoms with Crippen LogP contribution in [-0.2, 0) is 6.54 Å². The molecule has 29 heavy (non-hydrogen) atoms. The number of ether oxygens (including phenoxy) is 1. The molecule has 0 aliphatic carbocycles. The first kappa shape index (κ1) is 19.2. The van der Waals surface area contributed by atoms with Gasteiger partial charge in [0.05, 0.1) is 23.4 Å². The average Bonchev–Trinajstić information content (AvgIpc) is 2.73. The highest BCUT2D eigenvalue weighted by Crippen LogP contribution is 2.34. The molecule has 4 rings (SSSR count). The largest absolute Gasteiger partial charge is 0.494 e. The maximum Gasteiger partial charge on any atom is 0.336 e. The number of rotatable bonds is 5. The highest BCUT2D eigenvalue weighted by atomic mass is 16.5. The lowest BCUT2D eigenvalue weighted by atomic mass is 9.92. The Balaban J connectivity index is 1.88. The molecule has 5 nitrogen and oxygen atoms in total. The third kappa shape index (κ3) is 3.74. The van der Waals surface area contributed by atoms with Gasteiger partial charge in [-0.05, 0) is 48.9 Å². The minimum absolute atomic E-state index is 0.362. The Bertz CT molecular complexity index is 1090. The van der Waals surface area contributed by atoms with Gasteiger partial charge in [-0.2, -0.15) is 0 Å². The minimum atomic E-state index is -0.904. The van der Waals surface area contributed by atoms with E-state index in [4.69, 9.17) is 9.72 Å². The molecule has 0 unspecified atom stereocenters. The second kappa shape index (κ2) is 8.05. The van der Waals surface area contributed by atoms with Crippen molar-refractivity contribution in [2.45, 2.75) is 20.4 Å². The van der Waals surface area contributed by atoms with E-state index in [1.165, 1.54) is 0 Å². The molecule has 2 aromatic carbocycles. The highest BCUT2D eigenvalue weighted by Gasteiger charge is 2.27. The Morgan fingerprint density at radius 1 is 1.14 bits per heavy atom. The molecule has 0 radical (unpaired) electrons. The molecule has 1 aliphatic rings. The number of carboxylic acid groups (broad SMARTS) is 1. The predicted octanol–water partition coefficient (Wildman–Crippen LogP) is 4.71. The fourth-order valence-corrected chi connectivity index (χ4v) is 3.88. The summed E-state index contributed by atoms with van der Waals surface area (Å²) in [5.74, 6) is -0.0654. The number of para-hydroxylation sites is 1. The van der Waals surface area contributed by atoms with Crippen molar-refractivity contribution in [2.75, 3.05) is 19.7 Å². The Morgan fingerprint density at radius 3 is 2.59 bits per heavy atom. The molecule has 148 valence electrons. The van der Waals surface area contributed by atoms with Gasteiger partial charge in [-0.15, -0.1) is 0 Å². The summed E-state index contributed by atoms with van der Waals surface area (Å²) >= 11 is 0. The number of aromatic nitrogens is 1. The standard InChI is InChI=1S/C24H24N2O3/c1-3-26-14-17(13-16-9-11-18(12-10-16)29-4-2)23-20(15-26)22(24(27)28)19-7-5-6-8-21(19)25-23/h5-13H,3-4,14-15H2,1-2H3,(H,27,28). The van der Waals surface area contributed by atoms with Gasteiger partial charge in [0.1, 0.15) is 5.75 Å². The maximum absolute atomic E-state index is 12.2. The summed E-state index contributed by atoms with van der Waals surface area (Å²) in [6, 6.07) is 15.4. The molecule has 2 heterocycles. The first-order chi connectivity index (χ1) is 14.1. The molecule has 1 N–H and O–H groups in total. The van der Waals surface area contributed by atoms with E-state index in [1.807, 2.05) is 55.5 Å². The highest BCUT2D eigenvalue weighted by molar-refractivity contribution is 6.06. The van der Waals surface area contributed by atoms with Crippen LogP contribution in [0.4, 0.5) is 0 Å². The quantitative estimate of drug-likeness (QED) is 0.686. The van der Waals surface area contributed by atoms with E-state index in [9.17, 15) is 9.90 Å². The van der Waals surface area contributed by atoms with Gasteiger partial charge in [-0.3, -0.25) is 4.90 Å². The first-order valence-electron chi connectivity index (χ1n) is 9.91. The summed E-state index contributed by atoms with van der Waals surface area (Å²) < 4.78 is 5.53. The molecule has 0 bridgehead atoms. The zero-order valence-electron chi connectivity index (χ0n) is 16.7. The lowest BCUT2D eigenvalue weighted by Crippen LogP contribution is -2.31. The van der Waals surface area contributed by atoms with Gasteiger partial charge in [0.2, 0.25) is 0 Å². The van der Waals surface area contributed by atoms with Gasteiger partial charge < -0.3 is 9.84 Å². The van der Waals surface area contributed by atoms with Crippen LogP contribution in [0.2, 0.25) is 0 Å². The normalized spacial score (nSPS) is 15.4. The van der Waals surface area contributed by atoms with Crippen LogP contribution in [0.1, 0.15) is 41.0 Å². The van der Waals surface area contributed by atoms with Crippen molar-refractivity contribution in [1.29, 1.82) is 0 Å². The smallest absolute Gasteiger partial charge is 0.336 e. The Hall–Kier alpha value is -3.18. The summed E-state index contributed by atoms with van der Waals surface area (Å²) in [5.41, 5.74) is 4.73. The van der Waals surface area contributed by atoms with E-state index in [-0.39, 0.29) is 0 Å². The number of carbonyl (C=O) groups is 1. The molecule has 1 aliphatic heterocycles. The van der Waals surface area contributed by atoms with Crippen molar-refractivity contribution in [3.8, 4) is 5.75 Å². The number of nitrogens with zero attached hydrogens (tertiary/aromatic N) is 2. The van der Waals surface area contributed by atoms with Crippen LogP contribution < -0.4 is 4.74 Å². The summed E-state index contributed by atoms with van der Waals surface area (Å²) in [6.45, 7) is 6.85. The molecular weight excluding hydrogens is 364 g/mol. The van der Waals surface area contributed by atoms with Crippen LogP contribution in [0.25, 0.3) is 22.6 Å². The maximum atomic E-state index is 12.2. The third-order valence-electron chi connectivity index (χ3n) is 5.27. The number of hydrogen-bond donors (Lipinski definition) is 1. The number of hydrogen-bond acceptors (Lipinski definition) is 4. The minimum Gasteiger partial charge on any atom is -0.494 e. The summed E-state index contributed by atoms with van der Waals surface area (Å²) in [4.78, 5) is 19.3. The van der Waals surface area contributed by atoms with Gasteiger partial charge in [-0.1, -0.05) is 37.3 Å². The van der Waals surface area contributed by atoms with E-state index in [1.54, 1.807) is 0 Å². The summed E-state index contributed by atoms with van der Waals surface area (Å²) in [6.07, 6.45) is 2.10. The molecule has 0 saturated carbocycles. The number of aromatic carboxylic acids is 1. The van der Waals surface area contributed by atoms with E-state index >= 15 is 0 Å². The van der Waals surface area contributed by atoms with Crippen LogP contribution in [0.15, 0.2) is 48.5 Å². The summed E-state index contributed by atoms with van der Waals surface area (Å²) in [5, 5.41) is 10.7. The van der Waals surface area contributed by atoms with Crippen LogP contribution in [0, 0.1) is 0 Å². The van der Waals surface area contributed by atoms with Crippen LogP contribution in [0.5, 0.6) is 5.75 Å². The molecular formula is C24H24N2O3. The zero-order valence-corrected chi connectivity index (χ0v) is 16.7. The number of likely N-dealkylation sites (N-methyl/N-ethyl adjacent to an activating group) is 1. The van der Waals surface area contributed by atoms with E-state index in [2.05, 4.69) is 17.9 Å². The van der Waals surface area contributed by atoms with E-state index in [0.717, 1.165) is 41.2 Å². The third-order valence-corrected chi connectivity index (χ3v) is 5.27. The molecule has 3 aromatic rings. The lowest BCUT2D eigenvalue weighted by Gasteiger charge is -2.30. The number of carboxylic acids is 1. The Morgan fingerprint density at radius 2 is 1.90 bits per heavy atom. The number of benzene rings is 2. The zero-order chi connectivity index (χ0) is 20.4. The van der Waals surface area contributed by atoms with Gasteiger partial charge in [0.25, 0.3) is 0 Å². The first-order valence-corrected chi connectivity index (χ1v) is 9.91. The van der Waals surface area contributed by atoms with Crippen molar-refractivity contribution in [2.24, 2.45) is 0 Å². The predicted molar refractivity (Wildman–Crippen MR) is 115 cm³/mol. The fourth-order valence-electron chi connectivity index (χ4n) is 3.88. The average molecular weight is 388 g/mol. The van der Waals surface area contributed by atoms with Crippen LogP contribution >= 0.6 is 0 Å². The topological polar surface area (TPSA) is 62.7 Å². The number of pyridine rings is 1. The van der Waals surface area contributed by atoms with Gasteiger partial charge in [0, 0.05) is 24.0 Å². The SMILES string of the molecule is CCOc1ccc(C=C2CN(CC)Cc3c2nc2ccccc2c3C(=O)O)cc1. The molecule has 0 spiro atoms. The van der Waals surface area contributed by atoms with Crippen molar-refractivity contribution in [3.05, 3.63) is 70.9 Å². The second-order valence-corrected chi connectivity index (χ2v) is 7.11. The molecule has 0 fully saturated rings. The molecule has 1 aromatic heterocycles. The Kier molecular flexibility index (Phi) is 5.32. The number of fused-ring (bicyclic) bond motifs is 2. The molecule has 5 heteroatoms. The molecule has 0 saturated heterocycles. The van der Waals surface area contributed by atoms with E-state index in [0.29, 0.717) is 29.6 Å².